The Morgan fingerprint density at radius 1 is 0.846 bits per heavy atom. The predicted molar refractivity (Wildman–Crippen MR) is 92.3 cm³/mol. The number of fused-ring (bicyclic) bond motifs is 1. The van der Waals surface area contributed by atoms with E-state index in [4.69, 9.17) is 0 Å². The van der Waals surface area contributed by atoms with Gasteiger partial charge in [0.1, 0.15) is 11.5 Å². The van der Waals surface area contributed by atoms with Crippen molar-refractivity contribution in [1.29, 1.82) is 0 Å². The number of imide groups is 1. The lowest BCUT2D eigenvalue weighted by Gasteiger charge is -2.20. The van der Waals surface area contributed by atoms with E-state index in [0.717, 1.165) is 5.01 Å². The zero-order chi connectivity index (χ0) is 18.4. The minimum Gasteiger partial charge on any atom is -0.287 e. The molecule has 26 heavy (non-hydrogen) atoms. The van der Waals surface area contributed by atoms with E-state index in [2.05, 4.69) is 0 Å². The van der Waals surface area contributed by atoms with Gasteiger partial charge in [0.05, 0.1) is 16.7 Å². The number of amides is 2. The maximum absolute atomic E-state index is 14.0. The van der Waals surface area contributed by atoms with E-state index in [-0.39, 0.29) is 22.4 Å². The number of hydrogen-bond donors (Lipinski definition) is 0. The predicted octanol–water partition coefficient (Wildman–Crippen LogP) is 3.10. The van der Waals surface area contributed by atoms with Gasteiger partial charge in [0.25, 0.3) is 11.8 Å². The maximum atomic E-state index is 14.0. The van der Waals surface area contributed by atoms with Gasteiger partial charge in [-0.1, -0.05) is 24.3 Å². The Bertz CT molecular complexity index is 1050. The summed E-state index contributed by atoms with van der Waals surface area (Å²) in [7, 11) is 0. The van der Waals surface area contributed by atoms with Crippen LogP contribution in [0.25, 0.3) is 0 Å². The highest BCUT2D eigenvalue weighted by Crippen LogP contribution is 2.25. The fourth-order valence-electron chi connectivity index (χ4n) is 3.11. The quantitative estimate of drug-likeness (QED) is 0.540. The second kappa shape index (κ2) is 5.77. The number of carbonyl (C=O) groups is 3. The zero-order valence-electron chi connectivity index (χ0n) is 13.8. The van der Waals surface area contributed by atoms with E-state index in [9.17, 15) is 18.8 Å². The van der Waals surface area contributed by atoms with Gasteiger partial charge in [0, 0.05) is 5.69 Å². The summed E-state index contributed by atoms with van der Waals surface area (Å²) in [6.07, 6.45) is 0. The molecule has 4 rings (SSSR count). The van der Waals surface area contributed by atoms with Gasteiger partial charge in [0.15, 0.2) is 0 Å². The van der Waals surface area contributed by atoms with Crippen LogP contribution in [0.5, 0.6) is 0 Å². The first-order chi connectivity index (χ1) is 12.5. The first kappa shape index (κ1) is 16.0. The van der Waals surface area contributed by atoms with Crippen molar-refractivity contribution < 1.29 is 18.8 Å². The molecular weight excluding hydrogens is 335 g/mol. The molecule has 128 valence electrons. The molecule has 0 saturated heterocycles. The molecule has 0 bridgehead atoms. The monoisotopic (exact) mass is 348 g/mol. The normalized spacial score (nSPS) is 13.2. The number of nitrogens with zero attached hydrogens (tertiary/aromatic N) is 2. The van der Waals surface area contributed by atoms with Crippen LogP contribution in [-0.2, 0) is 0 Å². The fraction of sp³-hybridized carbons (Fsp3) is 0.0500. The van der Waals surface area contributed by atoms with Crippen molar-refractivity contribution in [2.75, 3.05) is 5.01 Å². The Labute approximate surface area is 148 Å². The molecule has 1 aliphatic heterocycles. The molecule has 0 aliphatic carbocycles. The van der Waals surface area contributed by atoms with Crippen LogP contribution in [0, 0.1) is 12.7 Å². The third kappa shape index (κ3) is 2.19. The first-order valence-corrected chi connectivity index (χ1v) is 7.96. The fourth-order valence-corrected chi connectivity index (χ4v) is 3.11. The highest BCUT2D eigenvalue weighted by Gasteiger charge is 2.38. The summed E-state index contributed by atoms with van der Waals surface area (Å²) in [5.74, 6) is -2.31. The number of benzene rings is 2. The van der Waals surface area contributed by atoms with Crippen LogP contribution in [0.1, 0.15) is 42.5 Å². The molecular formula is C20H13FN2O3. The summed E-state index contributed by atoms with van der Waals surface area (Å²) >= 11 is 0. The van der Waals surface area contributed by atoms with Crippen molar-refractivity contribution in [3.05, 3.63) is 94.6 Å². The number of rotatable bonds is 3. The number of aryl methyl sites for hydroxylation is 1. The van der Waals surface area contributed by atoms with Crippen LogP contribution in [0.3, 0.4) is 0 Å². The van der Waals surface area contributed by atoms with Gasteiger partial charge in [0.2, 0.25) is 5.78 Å². The van der Waals surface area contributed by atoms with E-state index in [1.54, 1.807) is 43.3 Å². The largest absolute Gasteiger partial charge is 0.287 e. The Morgan fingerprint density at radius 3 is 2.04 bits per heavy atom. The highest BCUT2D eigenvalue weighted by molar-refractivity contribution is 6.31. The summed E-state index contributed by atoms with van der Waals surface area (Å²) in [5, 5.41) is 0.925. The maximum Gasteiger partial charge on any atom is 0.281 e. The van der Waals surface area contributed by atoms with E-state index in [1.165, 1.54) is 28.9 Å². The van der Waals surface area contributed by atoms with Crippen LogP contribution in [0.4, 0.5) is 4.39 Å². The molecule has 0 spiro atoms. The third-order valence-electron chi connectivity index (χ3n) is 4.37. The molecule has 2 aromatic carbocycles. The van der Waals surface area contributed by atoms with E-state index >= 15 is 0 Å². The molecule has 5 nitrogen and oxygen atoms in total. The minimum absolute atomic E-state index is 0.0436. The van der Waals surface area contributed by atoms with Crippen molar-refractivity contribution >= 4 is 17.6 Å². The standard InChI is InChI=1S/C20H13FN2O3/c1-12-10-11-17(18(24)15-8-4-5-9-16(15)21)22(12)23-19(25)13-6-2-3-7-14(13)20(23)26/h2-11H,1H3. The van der Waals surface area contributed by atoms with E-state index < -0.39 is 23.4 Å². The van der Waals surface area contributed by atoms with Gasteiger partial charge < -0.3 is 0 Å². The van der Waals surface area contributed by atoms with Gasteiger partial charge >= 0.3 is 0 Å². The molecule has 0 fully saturated rings. The lowest BCUT2D eigenvalue weighted by Crippen LogP contribution is -2.42. The van der Waals surface area contributed by atoms with E-state index in [1.807, 2.05) is 0 Å². The summed E-state index contributed by atoms with van der Waals surface area (Å²) in [6.45, 7) is 1.67. The number of carbonyl (C=O) groups excluding carboxylic acids is 3. The Balaban J connectivity index is 1.84. The van der Waals surface area contributed by atoms with Crippen LogP contribution in [0.2, 0.25) is 0 Å². The Hall–Kier alpha value is -3.54. The summed E-state index contributed by atoms with van der Waals surface area (Å²) < 4.78 is 15.3. The molecule has 1 aliphatic rings. The molecule has 3 aromatic rings. The van der Waals surface area contributed by atoms with Crippen LogP contribution in [0.15, 0.2) is 60.7 Å². The van der Waals surface area contributed by atoms with Crippen molar-refractivity contribution in [2.45, 2.75) is 6.92 Å². The molecule has 2 amide bonds. The molecule has 2 heterocycles. The average Bonchev–Trinajstić information content (AvgIpc) is 3.13. The smallest absolute Gasteiger partial charge is 0.281 e. The zero-order valence-corrected chi connectivity index (χ0v) is 13.8. The second-order valence-electron chi connectivity index (χ2n) is 5.95. The van der Waals surface area contributed by atoms with Gasteiger partial charge in [-0.05, 0) is 43.3 Å². The molecule has 0 unspecified atom stereocenters. The molecule has 6 heteroatoms. The van der Waals surface area contributed by atoms with Crippen molar-refractivity contribution in [3.63, 3.8) is 0 Å². The number of ketones is 1. The minimum atomic E-state index is -0.662. The van der Waals surface area contributed by atoms with Gasteiger partial charge in [-0.2, -0.15) is 5.01 Å². The number of halogens is 1. The van der Waals surface area contributed by atoms with Gasteiger partial charge in [-0.25, -0.2) is 9.07 Å². The van der Waals surface area contributed by atoms with Gasteiger partial charge in [-0.15, -0.1) is 0 Å². The Morgan fingerprint density at radius 2 is 1.42 bits per heavy atom. The number of hydrogen-bond acceptors (Lipinski definition) is 3. The Kier molecular flexibility index (Phi) is 3.54. The lowest BCUT2D eigenvalue weighted by atomic mass is 10.1. The summed E-state index contributed by atoms with van der Waals surface area (Å²) in [5.41, 5.74) is 0.981. The van der Waals surface area contributed by atoms with Crippen LogP contribution >= 0.6 is 0 Å². The molecule has 0 radical (unpaired) electrons. The van der Waals surface area contributed by atoms with Crippen LogP contribution < -0.4 is 5.01 Å². The van der Waals surface area contributed by atoms with Gasteiger partial charge in [-0.3, -0.25) is 14.4 Å². The van der Waals surface area contributed by atoms with Crippen molar-refractivity contribution in [3.8, 4) is 0 Å². The molecule has 0 atom stereocenters. The highest BCUT2D eigenvalue weighted by atomic mass is 19.1. The number of aromatic nitrogens is 1. The van der Waals surface area contributed by atoms with Crippen molar-refractivity contribution in [1.82, 2.24) is 4.68 Å². The van der Waals surface area contributed by atoms with E-state index in [0.29, 0.717) is 5.69 Å². The topological polar surface area (TPSA) is 59.4 Å². The summed E-state index contributed by atoms with van der Waals surface area (Å²) in [6, 6.07) is 15.1. The lowest BCUT2D eigenvalue weighted by molar-refractivity contribution is 0.0882. The average molecular weight is 348 g/mol. The van der Waals surface area contributed by atoms with Crippen LogP contribution in [-0.4, -0.2) is 22.3 Å². The molecule has 0 saturated carbocycles. The summed E-state index contributed by atoms with van der Waals surface area (Å²) in [4.78, 5) is 38.3. The molecule has 1 aromatic heterocycles. The molecule has 0 N–H and O–H groups in total. The SMILES string of the molecule is Cc1ccc(C(=O)c2ccccc2F)n1N1C(=O)c2ccccc2C1=O. The third-order valence-corrected chi connectivity index (χ3v) is 4.37. The second-order valence-corrected chi connectivity index (χ2v) is 5.95. The first-order valence-electron chi connectivity index (χ1n) is 7.96. The van der Waals surface area contributed by atoms with Crippen molar-refractivity contribution in [2.24, 2.45) is 0 Å².